The van der Waals surface area contributed by atoms with E-state index in [-0.39, 0.29) is 22.8 Å². The number of sulfonamides is 1. The molecule has 2 aromatic heterocycles. The average molecular weight is 453 g/mol. The summed E-state index contributed by atoms with van der Waals surface area (Å²) in [4.78, 5) is 33.4. The summed E-state index contributed by atoms with van der Waals surface area (Å²) in [6.45, 7) is 3.88. The quantitative estimate of drug-likeness (QED) is 0.287. The Balaban J connectivity index is 1.51. The van der Waals surface area contributed by atoms with Gasteiger partial charge in [0.05, 0.1) is 10.3 Å². The van der Waals surface area contributed by atoms with Gasteiger partial charge in [-0.15, -0.1) is 11.3 Å². The lowest BCUT2D eigenvalue weighted by molar-refractivity contribution is -0.116. The number of nitrogens with two attached hydrogens (primary N) is 1. The average Bonchev–Trinajstić information content (AvgIpc) is 2.93. The second-order valence-electron chi connectivity index (χ2n) is 6.40. The van der Waals surface area contributed by atoms with Crippen molar-refractivity contribution in [2.45, 2.75) is 36.7 Å². The summed E-state index contributed by atoms with van der Waals surface area (Å²) in [5, 5.41) is 8.93. The lowest BCUT2D eigenvalue weighted by Crippen LogP contribution is -2.13. The number of fused-ring (bicyclic) bond motifs is 1. The summed E-state index contributed by atoms with van der Waals surface area (Å²) in [5.41, 5.74) is 1.32. The van der Waals surface area contributed by atoms with Crippen molar-refractivity contribution < 1.29 is 13.2 Å². The van der Waals surface area contributed by atoms with Crippen LogP contribution in [-0.4, -0.2) is 30.0 Å². The maximum atomic E-state index is 12.3. The van der Waals surface area contributed by atoms with Crippen molar-refractivity contribution >= 4 is 54.9 Å². The van der Waals surface area contributed by atoms with Crippen molar-refractivity contribution in [3.05, 3.63) is 45.1 Å². The molecule has 3 rings (SSSR count). The van der Waals surface area contributed by atoms with Gasteiger partial charge in [0.2, 0.25) is 15.9 Å². The topological polar surface area (TPSA) is 135 Å². The third kappa shape index (κ3) is 5.24. The number of aromatic amines is 1. The Morgan fingerprint density at radius 2 is 1.97 bits per heavy atom. The van der Waals surface area contributed by atoms with E-state index < -0.39 is 10.0 Å². The third-order valence-corrected chi connectivity index (χ3v) is 7.26. The number of carbonyl (C=O) groups is 1. The third-order valence-electron chi connectivity index (χ3n) is 4.27. The van der Waals surface area contributed by atoms with E-state index in [1.165, 1.54) is 47.4 Å². The van der Waals surface area contributed by atoms with Crippen molar-refractivity contribution in [3.8, 4) is 0 Å². The van der Waals surface area contributed by atoms with Crippen LogP contribution in [0.25, 0.3) is 10.2 Å². The van der Waals surface area contributed by atoms with Gasteiger partial charge in [-0.2, -0.15) is 0 Å². The molecule has 2 heterocycles. The number of aryl methyl sites for hydroxylation is 2. The van der Waals surface area contributed by atoms with E-state index in [0.29, 0.717) is 28.4 Å². The van der Waals surface area contributed by atoms with Crippen molar-refractivity contribution in [1.29, 1.82) is 0 Å². The first kappa shape index (κ1) is 21.5. The molecular formula is C18H20N4O4S3. The molecule has 8 nitrogen and oxygen atoms in total. The second kappa shape index (κ2) is 8.66. The normalized spacial score (nSPS) is 11.7. The standard InChI is InChI=1S/C18H20N4O4S3/c1-10-11(2)28-17-15(10)16(24)21-18(22-17)27-9-3-4-14(23)20-12-5-7-13(8-6-12)29(19,25)26/h5-8H,3-4,9H2,1-2H3,(H,20,23)(H2,19,25,26)(H,21,22,24). The fourth-order valence-electron chi connectivity index (χ4n) is 2.66. The van der Waals surface area contributed by atoms with Gasteiger partial charge in [0.15, 0.2) is 5.16 Å². The lowest BCUT2D eigenvalue weighted by Gasteiger charge is -2.06. The minimum absolute atomic E-state index is 0.0125. The number of thioether (sulfide) groups is 1. The number of H-pyrrole nitrogens is 1. The Labute approximate surface area is 176 Å². The minimum Gasteiger partial charge on any atom is -0.326 e. The van der Waals surface area contributed by atoms with Gasteiger partial charge in [-0.1, -0.05) is 11.8 Å². The number of benzene rings is 1. The lowest BCUT2D eigenvalue weighted by atomic mass is 10.2. The van der Waals surface area contributed by atoms with E-state index in [4.69, 9.17) is 5.14 Å². The minimum atomic E-state index is -3.76. The van der Waals surface area contributed by atoms with E-state index in [2.05, 4.69) is 15.3 Å². The predicted octanol–water partition coefficient (Wildman–Crippen LogP) is 2.76. The first-order valence-electron chi connectivity index (χ1n) is 8.70. The van der Waals surface area contributed by atoms with Crippen LogP contribution in [-0.2, 0) is 14.8 Å². The number of nitrogens with one attached hydrogen (secondary N) is 2. The molecule has 0 aliphatic rings. The highest BCUT2D eigenvalue weighted by Gasteiger charge is 2.12. The maximum Gasteiger partial charge on any atom is 0.260 e. The van der Waals surface area contributed by atoms with Gasteiger partial charge in [-0.25, -0.2) is 18.5 Å². The molecule has 0 radical (unpaired) electrons. The van der Waals surface area contributed by atoms with Crippen LogP contribution in [0.3, 0.4) is 0 Å². The molecule has 3 aromatic rings. The Morgan fingerprint density at radius 3 is 2.62 bits per heavy atom. The van der Waals surface area contributed by atoms with Crippen molar-refractivity contribution in [2.75, 3.05) is 11.1 Å². The number of amides is 1. The van der Waals surface area contributed by atoms with E-state index >= 15 is 0 Å². The number of aromatic nitrogens is 2. The zero-order valence-electron chi connectivity index (χ0n) is 15.8. The zero-order chi connectivity index (χ0) is 21.2. The smallest absolute Gasteiger partial charge is 0.260 e. The van der Waals surface area contributed by atoms with Crippen LogP contribution >= 0.6 is 23.1 Å². The number of rotatable bonds is 7. The van der Waals surface area contributed by atoms with Crippen LogP contribution in [0.5, 0.6) is 0 Å². The molecule has 0 aliphatic heterocycles. The number of hydrogen-bond acceptors (Lipinski definition) is 7. The number of primary sulfonamides is 1. The Morgan fingerprint density at radius 1 is 1.28 bits per heavy atom. The number of thiophene rings is 1. The largest absolute Gasteiger partial charge is 0.326 e. The van der Waals surface area contributed by atoms with Crippen LogP contribution in [0, 0.1) is 13.8 Å². The first-order valence-corrected chi connectivity index (χ1v) is 12.1. The molecule has 154 valence electrons. The summed E-state index contributed by atoms with van der Waals surface area (Å²) < 4.78 is 22.5. The summed E-state index contributed by atoms with van der Waals surface area (Å²) in [6, 6.07) is 5.66. The Hall–Kier alpha value is -2.21. The number of hydrogen-bond donors (Lipinski definition) is 3. The summed E-state index contributed by atoms with van der Waals surface area (Å²) in [5.74, 6) is 0.436. The van der Waals surface area contributed by atoms with Crippen molar-refractivity contribution in [1.82, 2.24) is 9.97 Å². The zero-order valence-corrected chi connectivity index (χ0v) is 18.3. The molecule has 0 fully saturated rings. The molecular weight excluding hydrogens is 432 g/mol. The Kier molecular flexibility index (Phi) is 6.42. The van der Waals surface area contributed by atoms with Gasteiger partial charge < -0.3 is 10.3 Å². The monoisotopic (exact) mass is 452 g/mol. The number of anilines is 1. The summed E-state index contributed by atoms with van der Waals surface area (Å²) in [6.07, 6.45) is 0.879. The molecule has 0 saturated carbocycles. The molecule has 0 spiro atoms. The molecule has 29 heavy (non-hydrogen) atoms. The maximum absolute atomic E-state index is 12.3. The van der Waals surface area contributed by atoms with Gasteiger partial charge in [0, 0.05) is 22.7 Å². The second-order valence-corrected chi connectivity index (χ2v) is 10.3. The van der Waals surface area contributed by atoms with Crippen LogP contribution in [0.4, 0.5) is 5.69 Å². The van der Waals surface area contributed by atoms with E-state index in [1.807, 2.05) is 13.8 Å². The molecule has 1 aromatic carbocycles. The van der Waals surface area contributed by atoms with Gasteiger partial charge in [0.25, 0.3) is 5.56 Å². The predicted molar refractivity (Wildman–Crippen MR) is 116 cm³/mol. The molecule has 11 heteroatoms. The van der Waals surface area contributed by atoms with E-state index in [1.54, 1.807) is 0 Å². The van der Waals surface area contributed by atoms with Gasteiger partial charge in [0.1, 0.15) is 4.83 Å². The van der Waals surface area contributed by atoms with E-state index in [9.17, 15) is 18.0 Å². The molecule has 0 atom stereocenters. The number of nitrogens with zero attached hydrogens (tertiary/aromatic N) is 1. The molecule has 0 unspecified atom stereocenters. The van der Waals surface area contributed by atoms with Gasteiger partial charge in [-0.3, -0.25) is 9.59 Å². The highest BCUT2D eigenvalue weighted by molar-refractivity contribution is 7.99. The molecule has 0 aliphatic carbocycles. The van der Waals surface area contributed by atoms with Crippen LogP contribution < -0.4 is 16.0 Å². The Bertz CT molecular complexity index is 1210. The van der Waals surface area contributed by atoms with Crippen LogP contribution in [0.1, 0.15) is 23.3 Å². The molecule has 1 amide bonds. The summed E-state index contributed by atoms with van der Waals surface area (Å²) in [7, 11) is -3.76. The van der Waals surface area contributed by atoms with E-state index in [0.717, 1.165) is 15.3 Å². The SMILES string of the molecule is Cc1sc2nc(SCCCC(=O)Nc3ccc(S(N)(=O)=O)cc3)[nH]c(=O)c2c1C. The first-order chi connectivity index (χ1) is 13.6. The fourth-order valence-corrected chi connectivity index (χ4v) is 5.06. The number of carbonyl (C=O) groups excluding carboxylic acids is 1. The van der Waals surface area contributed by atoms with Crippen LogP contribution in [0.2, 0.25) is 0 Å². The summed E-state index contributed by atoms with van der Waals surface area (Å²) >= 11 is 2.90. The molecule has 4 N–H and O–H groups in total. The fraction of sp³-hybridized carbons (Fsp3) is 0.278. The highest BCUT2D eigenvalue weighted by atomic mass is 32.2. The van der Waals surface area contributed by atoms with Crippen LogP contribution in [0.15, 0.2) is 39.1 Å². The van der Waals surface area contributed by atoms with Gasteiger partial charge in [-0.05, 0) is 50.1 Å². The molecule has 0 saturated heterocycles. The van der Waals surface area contributed by atoms with Crippen molar-refractivity contribution in [2.24, 2.45) is 5.14 Å². The molecule has 0 bridgehead atoms. The highest BCUT2D eigenvalue weighted by Crippen LogP contribution is 2.27. The van der Waals surface area contributed by atoms with Gasteiger partial charge >= 0.3 is 0 Å². The van der Waals surface area contributed by atoms with Crippen molar-refractivity contribution in [3.63, 3.8) is 0 Å².